The summed E-state index contributed by atoms with van der Waals surface area (Å²) < 4.78 is 1.63. The largest absolute Gasteiger partial charge is 0.339 e. The quantitative estimate of drug-likeness (QED) is 0.444. The predicted octanol–water partition coefficient (Wildman–Crippen LogP) is 4.71. The molecule has 4 rings (SSSR count). The number of hydrogen-bond donors (Lipinski definition) is 2. The summed E-state index contributed by atoms with van der Waals surface area (Å²) in [5.41, 5.74) is 2.41. The van der Waals surface area contributed by atoms with Crippen LogP contribution < -0.4 is 10.6 Å². The molecule has 0 unspecified atom stereocenters. The molecule has 0 atom stereocenters. The van der Waals surface area contributed by atoms with Crippen molar-refractivity contribution in [3.8, 4) is 5.82 Å². The van der Waals surface area contributed by atoms with Gasteiger partial charge in [0.1, 0.15) is 0 Å². The van der Waals surface area contributed by atoms with Gasteiger partial charge in [0, 0.05) is 34.9 Å². The van der Waals surface area contributed by atoms with Crippen molar-refractivity contribution in [2.45, 2.75) is 0 Å². The van der Waals surface area contributed by atoms with E-state index in [9.17, 15) is 4.79 Å². The van der Waals surface area contributed by atoms with Crippen molar-refractivity contribution in [3.63, 3.8) is 0 Å². The Morgan fingerprint density at radius 3 is 2.37 bits per heavy atom. The summed E-state index contributed by atoms with van der Waals surface area (Å²) in [7, 11) is 0. The number of carbonyl (C=O) groups is 1. The minimum absolute atomic E-state index is 0.217. The van der Waals surface area contributed by atoms with Crippen molar-refractivity contribution >= 4 is 40.8 Å². The van der Waals surface area contributed by atoms with E-state index in [1.54, 1.807) is 35.3 Å². The second-order valence-electron chi connectivity index (χ2n) is 6.30. The Morgan fingerprint density at radius 2 is 1.70 bits per heavy atom. The number of carbonyl (C=O) groups excluding carboxylic acids is 1. The number of rotatable bonds is 6. The first-order valence-corrected chi connectivity index (χ1v) is 9.49. The topological polar surface area (TPSA) is 84.7 Å². The normalized spacial score (nSPS) is 10.8. The molecule has 2 aromatic heterocycles. The van der Waals surface area contributed by atoms with Crippen LogP contribution in [0.1, 0.15) is 5.56 Å². The van der Waals surface area contributed by atoms with Crippen molar-refractivity contribution in [2.24, 2.45) is 0 Å². The highest BCUT2D eigenvalue weighted by molar-refractivity contribution is 6.30. The molecule has 0 spiro atoms. The highest BCUT2D eigenvalue weighted by Crippen LogP contribution is 2.18. The van der Waals surface area contributed by atoms with E-state index in [2.05, 4.69) is 25.9 Å². The summed E-state index contributed by atoms with van der Waals surface area (Å²) in [6.45, 7) is 0. The van der Waals surface area contributed by atoms with Gasteiger partial charge < -0.3 is 10.6 Å². The van der Waals surface area contributed by atoms with Crippen LogP contribution in [0.15, 0.2) is 85.2 Å². The smallest absolute Gasteiger partial charge is 0.248 e. The molecule has 0 fully saturated rings. The van der Waals surface area contributed by atoms with Crippen LogP contribution in [-0.2, 0) is 4.79 Å². The molecule has 0 radical (unpaired) electrons. The maximum Gasteiger partial charge on any atom is 0.248 e. The lowest BCUT2D eigenvalue weighted by Gasteiger charge is -2.07. The summed E-state index contributed by atoms with van der Waals surface area (Å²) in [6.07, 6.45) is 6.69. The first-order chi connectivity index (χ1) is 14.7. The molecule has 8 heteroatoms. The van der Waals surface area contributed by atoms with Crippen LogP contribution in [0.5, 0.6) is 0 Å². The molecule has 2 aromatic carbocycles. The van der Waals surface area contributed by atoms with Crippen LogP contribution in [0.3, 0.4) is 0 Å². The van der Waals surface area contributed by atoms with Crippen molar-refractivity contribution in [1.29, 1.82) is 0 Å². The molecule has 2 heterocycles. The van der Waals surface area contributed by atoms with Gasteiger partial charge in [-0.1, -0.05) is 23.7 Å². The van der Waals surface area contributed by atoms with E-state index < -0.39 is 0 Å². The summed E-state index contributed by atoms with van der Waals surface area (Å²) in [4.78, 5) is 12.1. The number of nitrogens with one attached hydrogen (secondary N) is 2. The number of halogens is 1. The molecule has 0 aliphatic carbocycles. The fraction of sp³-hybridized carbons (Fsp3) is 0. The highest BCUT2D eigenvalue weighted by Gasteiger charge is 2.02. The molecule has 0 aliphatic rings. The molecular formula is C22H17ClN6O. The first kappa shape index (κ1) is 19.4. The SMILES string of the molecule is O=C(/C=C/c1ccc(Cl)cc1)Nc1ccc(Nc2ccc(-n3cccn3)nn2)cc1. The third-order valence-corrected chi connectivity index (χ3v) is 4.36. The van der Waals surface area contributed by atoms with Crippen LogP contribution >= 0.6 is 11.6 Å². The highest BCUT2D eigenvalue weighted by atomic mass is 35.5. The third-order valence-electron chi connectivity index (χ3n) is 4.11. The molecule has 30 heavy (non-hydrogen) atoms. The van der Waals surface area contributed by atoms with Gasteiger partial charge in [-0.3, -0.25) is 4.79 Å². The molecule has 0 saturated carbocycles. The zero-order valence-electron chi connectivity index (χ0n) is 15.7. The van der Waals surface area contributed by atoms with E-state index in [1.165, 1.54) is 6.08 Å². The Balaban J connectivity index is 1.33. The standard InChI is InChI=1S/C22H17ClN6O/c23-17-5-2-16(3-6-17)4-13-22(30)26-19-9-7-18(8-10-19)25-20-11-12-21(28-27-20)29-15-1-14-24-29/h1-15H,(H,25,27)(H,26,30)/b13-4+. The predicted molar refractivity (Wildman–Crippen MR) is 118 cm³/mol. The van der Waals surface area contributed by atoms with Crippen LogP contribution in [0, 0.1) is 0 Å². The summed E-state index contributed by atoms with van der Waals surface area (Å²) in [6, 6.07) is 20.0. The molecule has 7 nitrogen and oxygen atoms in total. The van der Waals surface area contributed by atoms with Gasteiger partial charge in [-0.05, 0) is 66.2 Å². The van der Waals surface area contributed by atoms with E-state index in [4.69, 9.17) is 11.6 Å². The Labute approximate surface area is 178 Å². The van der Waals surface area contributed by atoms with E-state index in [1.807, 2.05) is 54.6 Å². The van der Waals surface area contributed by atoms with Crippen LogP contribution in [0.2, 0.25) is 5.02 Å². The monoisotopic (exact) mass is 416 g/mol. The summed E-state index contributed by atoms with van der Waals surface area (Å²) >= 11 is 5.85. The maximum absolute atomic E-state index is 12.1. The van der Waals surface area contributed by atoms with Crippen molar-refractivity contribution in [3.05, 3.63) is 95.8 Å². The molecule has 1 amide bonds. The molecule has 148 valence electrons. The van der Waals surface area contributed by atoms with Crippen molar-refractivity contribution < 1.29 is 4.79 Å². The minimum Gasteiger partial charge on any atom is -0.339 e. The average molecular weight is 417 g/mol. The van der Waals surface area contributed by atoms with E-state index in [-0.39, 0.29) is 5.91 Å². The second-order valence-corrected chi connectivity index (χ2v) is 6.74. The zero-order chi connectivity index (χ0) is 20.8. The molecular weight excluding hydrogens is 400 g/mol. The molecule has 4 aromatic rings. The zero-order valence-corrected chi connectivity index (χ0v) is 16.5. The fourth-order valence-electron chi connectivity index (χ4n) is 2.63. The lowest BCUT2D eigenvalue weighted by atomic mass is 10.2. The van der Waals surface area contributed by atoms with Crippen molar-refractivity contribution in [2.75, 3.05) is 10.6 Å². The van der Waals surface area contributed by atoms with Crippen LogP contribution in [0.25, 0.3) is 11.9 Å². The van der Waals surface area contributed by atoms with Gasteiger partial charge in [-0.25, -0.2) is 4.68 Å². The van der Waals surface area contributed by atoms with E-state index >= 15 is 0 Å². The van der Waals surface area contributed by atoms with E-state index in [0.29, 0.717) is 22.3 Å². The Hall–Kier alpha value is -3.97. The second kappa shape index (κ2) is 9.02. The van der Waals surface area contributed by atoms with Crippen molar-refractivity contribution in [1.82, 2.24) is 20.0 Å². The lowest BCUT2D eigenvalue weighted by Crippen LogP contribution is -2.07. The first-order valence-electron chi connectivity index (χ1n) is 9.11. The molecule has 0 aliphatic heterocycles. The van der Waals surface area contributed by atoms with Gasteiger partial charge >= 0.3 is 0 Å². The summed E-state index contributed by atoms with van der Waals surface area (Å²) in [5.74, 6) is 1.02. The van der Waals surface area contributed by atoms with Gasteiger partial charge in [0.25, 0.3) is 0 Å². The number of amides is 1. The minimum atomic E-state index is -0.217. The average Bonchev–Trinajstić information content (AvgIpc) is 3.30. The summed E-state index contributed by atoms with van der Waals surface area (Å²) in [5, 5.41) is 19.1. The van der Waals surface area contributed by atoms with Crippen LogP contribution in [0.4, 0.5) is 17.2 Å². The molecule has 0 bridgehead atoms. The molecule has 0 saturated heterocycles. The van der Waals surface area contributed by atoms with Gasteiger partial charge in [0.05, 0.1) is 0 Å². The number of benzene rings is 2. The fourth-order valence-corrected chi connectivity index (χ4v) is 2.76. The van der Waals surface area contributed by atoms with Gasteiger partial charge in [0.2, 0.25) is 5.91 Å². The van der Waals surface area contributed by atoms with E-state index in [0.717, 1.165) is 11.3 Å². The number of nitrogens with zero attached hydrogens (tertiary/aromatic N) is 4. The third kappa shape index (κ3) is 5.09. The van der Waals surface area contributed by atoms with Gasteiger partial charge in [-0.2, -0.15) is 5.10 Å². The van der Waals surface area contributed by atoms with Gasteiger partial charge in [0.15, 0.2) is 11.6 Å². The Kier molecular flexibility index (Phi) is 5.82. The Morgan fingerprint density at radius 1 is 0.933 bits per heavy atom. The number of aromatic nitrogens is 4. The number of hydrogen-bond acceptors (Lipinski definition) is 5. The number of anilines is 3. The maximum atomic E-state index is 12.1. The van der Waals surface area contributed by atoms with Gasteiger partial charge in [-0.15, -0.1) is 10.2 Å². The Bertz CT molecular complexity index is 1140. The molecule has 2 N–H and O–H groups in total. The lowest BCUT2D eigenvalue weighted by molar-refractivity contribution is -0.111. The van der Waals surface area contributed by atoms with Crippen LogP contribution in [-0.4, -0.2) is 25.9 Å².